The van der Waals surface area contributed by atoms with Crippen LogP contribution in [-0.4, -0.2) is 34.8 Å². The number of para-hydroxylation sites is 1. The van der Waals surface area contributed by atoms with Crippen molar-refractivity contribution in [3.8, 4) is 0 Å². The summed E-state index contributed by atoms with van der Waals surface area (Å²) in [7, 11) is 0. The van der Waals surface area contributed by atoms with Crippen LogP contribution in [0.2, 0.25) is 0 Å². The number of hydrogen-bond acceptors (Lipinski definition) is 5. The van der Waals surface area contributed by atoms with Crippen LogP contribution in [0.4, 0.5) is 11.4 Å². The molecule has 1 aliphatic rings. The molecule has 7 nitrogen and oxygen atoms in total. The maximum Gasteiger partial charge on any atom is 0.331 e. The SMILES string of the molecule is Cc1cccc(NC2(C(=O)O)CCOC2)c1[N+](=O)[O-]. The molecule has 1 unspecified atom stereocenters. The number of ether oxygens (including phenoxy) is 1. The predicted octanol–water partition coefficient (Wildman–Crippen LogP) is 1.56. The van der Waals surface area contributed by atoms with Crippen molar-refractivity contribution in [2.24, 2.45) is 0 Å². The second kappa shape index (κ2) is 4.85. The van der Waals surface area contributed by atoms with Crippen LogP contribution in [0.5, 0.6) is 0 Å². The molecule has 0 spiro atoms. The molecule has 2 rings (SSSR count). The molecule has 102 valence electrons. The second-order valence-corrected chi connectivity index (χ2v) is 4.54. The zero-order valence-electron chi connectivity index (χ0n) is 10.4. The molecule has 1 aromatic rings. The molecular weight excluding hydrogens is 252 g/mol. The highest BCUT2D eigenvalue weighted by atomic mass is 16.6. The number of rotatable bonds is 4. The molecule has 0 aromatic heterocycles. The number of nitro groups is 1. The van der Waals surface area contributed by atoms with Gasteiger partial charge in [-0.2, -0.15) is 0 Å². The number of aryl methyl sites for hydroxylation is 1. The number of aliphatic carboxylic acids is 1. The summed E-state index contributed by atoms with van der Waals surface area (Å²) >= 11 is 0. The van der Waals surface area contributed by atoms with Crippen molar-refractivity contribution in [1.29, 1.82) is 0 Å². The Kier molecular flexibility index (Phi) is 3.39. The molecule has 0 saturated carbocycles. The molecule has 1 aliphatic heterocycles. The van der Waals surface area contributed by atoms with Gasteiger partial charge < -0.3 is 15.2 Å². The Labute approximate surface area is 109 Å². The van der Waals surface area contributed by atoms with E-state index in [4.69, 9.17) is 4.74 Å². The number of carboxylic acid groups (broad SMARTS) is 1. The molecule has 0 amide bonds. The highest BCUT2D eigenvalue weighted by molar-refractivity contribution is 5.85. The summed E-state index contributed by atoms with van der Waals surface area (Å²) in [6, 6.07) is 4.77. The average Bonchev–Trinajstić information content (AvgIpc) is 2.78. The molecule has 19 heavy (non-hydrogen) atoms. The maximum atomic E-state index is 11.4. The number of hydrogen-bond donors (Lipinski definition) is 2. The molecule has 0 bridgehead atoms. The number of nitrogens with one attached hydrogen (secondary N) is 1. The Morgan fingerprint density at radius 2 is 2.32 bits per heavy atom. The molecule has 1 aromatic carbocycles. The zero-order chi connectivity index (χ0) is 14.0. The number of carbonyl (C=O) groups is 1. The van der Waals surface area contributed by atoms with E-state index >= 15 is 0 Å². The van der Waals surface area contributed by atoms with Crippen molar-refractivity contribution in [2.75, 3.05) is 18.5 Å². The van der Waals surface area contributed by atoms with E-state index in [1.165, 1.54) is 6.07 Å². The summed E-state index contributed by atoms with van der Waals surface area (Å²) in [5.41, 5.74) is -0.708. The third kappa shape index (κ3) is 2.37. The second-order valence-electron chi connectivity index (χ2n) is 4.54. The van der Waals surface area contributed by atoms with Crippen LogP contribution in [0.3, 0.4) is 0 Å². The van der Waals surface area contributed by atoms with Gasteiger partial charge in [0.05, 0.1) is 11.5 Å². The van der Waals surface area contributed by atoms with E-state index in [0.717, 1.165) is 0 Å². The molecule has 1 heterocycles. The molecule has 1 atom stereocenters. The predicted molar refractivity (Wildman–Crippen MR) is 67.3 cm³/mol. The van der Waals surface area contributed by atoms with E-state index in [9.17, 15) is 20.0 Å². The summed E-state index contributed by atoms with van der Waals surface area (Å²) < 4.78 is 5.11. The first-order valence-electron chi connectivity index (χ1n) is 5.79. The van der Waals surface area contributed by atoms with Gasteiger partial charge in [-0.3, -0.25) is 10.1 Å². The minimum absolute atomic E-state index is 0.00652. The Hall–Kier alpha value is -2.15. The van der Waals surface area contributed by atoms with Crippen LogP contribution >= 0.6 is 0 Å². The van der Waals surface area contributed by atoms with Gasteiger partial charge in [0.2, 0.25) is 0 Å². The van der Waals surface area contributed by atoms with Gasteiger partial charge in [0.1, 0.15) is 5.69 Å². The van der Waals surface area contributed by atoms with Gasteiger partial charge in [0.25, 0.3) is 5.69 Å². The lowest BCUT2D eigenvalue weighted by atomic mass is 9.98. The van der Waals surface area contributed by atoms with Gasteiger partial charge in [-0.25, -0.2) is 4.79 Å². The van der Waals surface area contributed by atoms with Crippen molar-refractivity contribution < 1.29 is 19.6 Å². The van der Waals surface area contributed by atoms with Gasteiger partial charge in [0.15, 0.2) is 5.54 Å². The fourth-order valence-electron chi connectivity index (χ4n) is 2.15. The maximum absolute atomic E-state index is 11.4. The fraction of sp³-hybridized carbons (Fsp3) is 0.417. The van der Waals surface area contributed by atoms with Crippen molar-refractivity contribution in [1.82, 2.24) is 0 Å². The lowest BCUT2D eigenvalue weighted by molar-refractivity contribution is -0.384. The Bertz CT molecular complexity index is 523. The summed E-state index contributed by atoms with van der Waals surface area (Å²) in [4.78, 5) is 21.9. The molecule has 1 fully saturated rings. The third-order valence-corrected chi connectivity index (χ3v) is 3.23. The first kappa shape index (κ1) is 13.3. The zero-order valence-corrected chi connectivity index (χ0v) is 10.4. The smallest absolute Gasteiger partial charge is 0.331 e. The first-order chi connectivity index (χ1) is 8.96. The van der Waals surface area contributed by atoms with Gasteiger partial charge in [-0.1, -0.05) is 12.1 Å². The monoisotopic (exact) mass is 266 g/mol. The van der Waals surface area contributed by atoms with Crippen molar-refractivity contribution in [3.63, 3.8) is 0 Å². The number of carboxylic acids is 1. The molecule has 2 N–H and O–H groups in total. The third-order valence-electron chi connectivity index (χ3n) is 3.23. The van der Waals surface area contributed by atoms with E-state index in [0.29, 0.717) is 12.2 Å². The number of nitro benzene ring substituents is 1. The Morgan fingerprint density at radius 3 is 2.84 bits per heavy atom. The van der Waals surface area contributed by atoms with Crippen LogP contribution in [0, 0.1) is 17.0 Å². The fourth-order valence-corrected chi connectivity index (χ4v) is 2.15. The van der Waals surface area contributed by atoms with E-state index in [2.05, 4.69) is 5.32 Å². The first-order valence-corrected chi connectivity index (χ1v) is 5.79. The quantitative estimate of drug-likeness (QED) is 0.633. The summed E-state index contributed by atoms with van der Waals surface area (Å²) in [6.07, 6.45) is 0.271. The van der Waals surface area contributed by atoms with Crippen molar-refractivity contribution >= 4 is 17.3 Å². The topological polar surface area (TPSA) is 102 Å². The van der Waals surface area contributed by atoms with Crippen LogP contribution < -0.4 is 5.32 Å². The van der Waals surface area contributed by atoms with Crippen molar-refractivity contribution in [3.05, 3.63) is 33.9 Å². The Balaban J connectivity index is 2.40. The highest BCUT2D eigenvalue weighted by Crippen LogP contribution is 2.33. The van der Waals surface area contributed by atoms with Crippen molar-refractivity contribution in [2.45, 2.75) is 18.9 Å². The molecule has 0 aliphatic carbocycles. The number of benzene rings is 1. The summed E-state index contributed by atoms with van der Waals surface area (Å²) in [5, 5.41) is 23.2. The largest absolute Gasteiger partial charge is 0.479 e. The highest BCUT2D eigenvalue weighted by Gasteiger charge is 2.43. The average molecular weight is 266 g/mol. The molecule has 1 saturated heterocycles. The number of nitrogens with zero attached hydrogens (tertiary/aromatic N) is 1. The van der Waals surface area contributed by atoms with Gasteiger partial charge in [-0.15, -0.1) is 0 Å². The van der Waals surface area contributed by atoms with Gasteiger partial charge >= 0.3 is 5.97 Å². The minimum Gasteiger partial charge on any atom is -0.479 e. The van der Waals surface area contributed by atoms with E-state index in [-0.39, 0.29) is 24.4 Å². The van der Waals surface area contributed by atoms with Crippen LogP contribution in [0.25, 0.3) is 0 Å². The normalized spacial score (nSPS) is 22.2. The summed E-state index contributed by atoms with van der Waals surface area (Å²) in [6.45, 7) is 1.92. The van der Waals surface area contributed by atoms with Crippen LogP contribution in [0.1, 0.15) is 12.0 Å². The minimum atomic E-state index is -1.29. The van der Waals surface area contributed by atoms with E-state index in [1.54, 1.807) is 19.1 Å². The van der Waals surface area contributed by atoms with Crippen LogP contribution in [-0.2, 0) is 9.53 Å². The van der Waals surface area contributed by atoms with E-state index < -0.39 is 16.4 Å². The van der Waals surface area contributed by atoms with Gasteiger partial charge in [-0.05, 0) is 13.0 Å². The van der Waals surface area contributed by atoms with E-state index in [1.807, 2.05) is 0 Å². The molecule has 0 radical (unpaired) electrons. The van der Waals surface area contributed by atoms with Gasteiger partial charge in [0, 0.05) is 18.6 Å². The number of anilines is 1. The Morgan fingerprint density at radius 1 is 1.58 bits per heavy atom. The standard InChI is InChI=1S/C12H14N2O5/c1-8-3-2-4-9(10(8)14(17)18)13-12(11(15)16)5-6-19-7-12/h2-4,13H,5-7H2,1H3,(H,15,16). The lowest BCUT2D eigenvalue weighted by Crippen LogP contribution is -2.47. The molecular formula is C12H14N2O5. The van der Waals surface area contributed by atoms with Crippen LogP contribution in [0.15, 0.2) is 18.2 Å². The summed E-state index contributed by atoms with van der Waals surface area (Å²) in [5.74, 6) is -1.07. The molecule has 7 heteroatoms. The lowest BCUT2D eigenvalue weighted by Gasteiger charge is -2.25.